The average Bonchev–Trinajstić information content (AvgIpc) is 2.21. The SMILES string of the molecule is CC(Cc1ccc(Br)cc1)NCCN(C)C. The van der Waals surface area contributed by atoms with Crippen LogP contribution >= 0.6 is 15.9 Å². The fourth-order valence-electron chi connectivity index (χ4n) is 1.58. The van der Waals surface area contributed by atoms with Crippen LogP contribution in [0.2, 0.25) is 0 Å². The highest BCUT2D eigenvalue weighted by Crippen LogP contribution is 2.11. The van der Waals surface area contributed by atoms with Crippen molar-refractivity contribution in [2.24, 2.45) is 0 Å². The Morgan fingerprint density at radius 2 is 1.88 bits per heavy atom. The Hall–Kier alpha value is -0.380. The number of rotatable bonds is 6. The van der Waals surface area contributed by atoms with Gasteiger partial charge in [0.2, 0.25) is 0 Å². The normalized spacial score (nSPS) is 13.1. The molecule has 2 nitrogen and oxygen atoms in total. The number of halogens is 1. The van der Waals surface area contributed by atoms with Crippen molar-refractivity contribution in [1.29, 1.82) is 0 Å². The molecule has 0 aromatic heterocycles. The van der Waals surface area contributed by atoms with Gasteiger partial charge >= 0.3 is 0 Å². The van der Waals surface area contributed by atoms with E-state index in [0.717, 1.165) is 24.0 Å². The van der Waals surface area contributed by atoms with Gasteiger partial charge in [-0.15, -0.1) is 0 Å². The lowest BCUT2D eigenvalue weighted by Crippen LogP contribution is -2.34. The zero-order chi connectivity index (χ0) is 12.0. The summed E-state index contributed by atoms with van der Waals surface area (Å²) in [6.45, 7) is 4.37. The standard InChI is InChI=1S/C13H21BrN2/c1-11(15-8-9-16(2)3)10-12-4-6-13(14)7-5-12/h4-7,11,15H,8-10H2,1-3H3. The van der Waals surface area contributed by atoms with Gasteiger partial charge < -0.3 is 10.2 Å². The van der Waals surface area contributed by atoms with Crippen molar-refractivity contribution < 1.29 is 0 Å². The lowest BCUT2D eigenvalue weighted by Gasteiger charge is -2.16. The summed E-state index contributed by atoms with van der Waals surface area (Å²) in [5, 5.41) is 3.52. The van der Waals surface area contributed by atoms with E-state index in [1.165, 1.54) is 5.56 Å². The van der Waals surface area contributed by atoms with Gasteiger partial charge in [-0.1, -0.05) is 28.1 Å². The van der Waals surface area contributed by atoms with Crippen LogP contribution in [0.1, 0.15) is 12.5 Å². The van der Waals surface area contributed by atoms with Crippen molar-refractivity contribution in [1.82, 2.24) is 10.2 Å². The van der Waals surface area contributed by atoms with E-state index in [0.29, 0.717) is 6.04 Å². The van der Waals surface area contributed by atoms with Crippen LogP contribution in [0.15, 0.2) is 28.7 Å². The fraction of sp³-hybridized carbons (Fsp3) is 0.538. The summed E-state index contributed by atoms with van der Waals surface area (Å²) in [5.41, 5.74) is 1.38. The molecule has 1 rings (SSSR count). The molecule has 90 valence electrons. The first-order chi connectivity index (χ1) is 7.58. The molecule has 16 heavy (non-hydrogen) atoms. The van der Waals surface area contributed by atoms with E-state index in [9.17, 15) is 0 Å². The molecule has 1 N–H and O–H groups in total. The maximum absolute atomic E-state index is 3.52. The molecule has 0 aliphatic heterocycles. The Morgan fingerprint density at radius 3 is 2.44 bits per heavy atom. The molecule has 1 aromatic rings. The van der Waals surface area contributed by atoms with E-state index < -0.39 is 0 Å². The van der Waals surface area contributed by atoms with Crippen LogP contribution in [0.5, 0.6) is 0 Å². The maximum Gasteiger partial charge on any atom is 0.0175 e. The molecule has 0 fully saturated rings. The topological polar surface area (TPSA) is 15.3 Å². The molecule has 1 aromatic carbocycles. The molecule has 1 atom stereocenters. The maximum atomic E-state index is 3.52. The largest absolute Gasteiger partial charge is 0.313 e. The molecule has 0 aliphatic carbocycles. The first-order valence-electron chi connectivity index (χ1n) is 5.70. The van der Waals surface area contributed by atoms with E-state index in [1.807, 2.05) is 0 Å². The molecule has 0 heterocycles. The lowest BCUT2D eigenvalue weighted by atomic mass is 10.1. The Bertz CT molecular complexity index is 295. The van der Waals surface area contributed by atoms with Gasteiger partial charge in [-0.25, -0.2) is 0 Å². The van der Waals surface area contributed by atoms with Crippen LogP contribution in [0.3, 0.4) is 0 Å². The van der Waals surface area contributed by atoms with Crippen molar-refractivity contribution in [3.63, 3.8) is 0 Å². The third-order valence-electron chi connectivity index (χ3n) is 2.51. The first kappa shape index (κ1) is 13.7. The van der Waals surface area contributed by atoms with Crippen molar-refractivity contribution in [2.75, 3.05) is 27.2 Å². The third-order valence-corrected chi connectivity index (χ3v) is 3.04. The predicted octanol–water partition coefficient (Wildman–Crippen LogP) is 2.53. The van der Waals surface area contributed by atoms with Crippen LogP contribution in [0, 0.1) is 0 Å². The summed E-state index contributed by atoms with van der Waals surface area (Å²) < 4.78 is 1.14. The summed E-state index contributed by atoms with van der Waals surface area (Å²) in [6, 6.07) is 9.08. The second-order valence-corrected chi connectivity index (χ2v) is 5.40. The van der Waals surface area contributed by atoms with Gasteiger partial charge in [0.25, 0.3) is 0 Å². The zero-order valence-corrected chi connectivity index (χ0v) is 11.9. The van der Waals surface area contributed by atoms with Crippen LogP contribution in [-0.2, 0) is 6.42 Å². The number of likely N-dealkylation sites (N-methyl/N-ethyl adjacent to an activating group) is 1. The number of hydrogen-bond donors (Lipinski definition) is 1. The Morgan fingerprint density at radius 1 is 1.25 bits per heavy atom. The van der Waals surface area contributed by atoms with E-state index in [2.05, 4.69) is 71.4 Å². The van der Waals surface area contributed by atoms with Gasteiger partial charge in [0.15, 0.2) is 0 Å². The first-order valence-corrected chi connectivity index (χ1v) is 6.50. The molecule has 0 bridgehead atoms. The molecule has 0 spiro atoms. The number of hydrogen-bond acceptors (Lipinski definition) is 2. The van der Waals surface area contributed by atoms with Gasteiger partial charge in [-0.3, -0.25) is 0 Å². The van der Waals surface area contributed by atoms with Gasteiger partial charge in [0, 0.05) is 23.6 Å². The molecule has 0 saturated carbocycles. The Kier molecular flexibility index (Phi) is 6.03. The van der Waals surface area contributed by atoms with Crippen LogP contribution in [0.4, 0.5) is 0 Å². The highest BCUT2D eigenvalue weighted by molar-refractivity contribution is 9.10. The zero-order valence-electron chi connectivity index (χ0n) is 10.3. The summed E-state index contributed by atoms with van der Waals surface area (Å²) in [7, 11) is 4.20. The van der Waals surface area contributed by atoms with E-state index >= 15 is 0 Å². The van der Waals surface area contributed by atoms with Crippen molar-refractivity contribution >= 4 is 15.9 Å². The molecule has 3 heteroatoms. The minimum Gasteiger partial charge on any atom is -0.313 e. The van der Waals surface area contributed by atoms with Crippen molar-refractivity contribution in [3.05, 3.63) is 34.3 Å². The van der Waals surface area contributed by atoms with E-state index in [1.54, 1.807) is 0 Å². The molecule has 0 amide bonds. The van der Waals surface area contributed by atoms with Crippen LogP contribution < -0.4 is 5.32 Å². The van der Waals surface area contributed by atoms with Crippen LogP contribution in [0.25, 0.3) is 0 Å². The molecule has 1 unspecified atom stereocenters. The van der Waals surface area contributed by atoms with E-state index in [4.69, 9.17) is 0 Å². The van der Waals surface area contributed by atoms with Gasteiger partial charge in [0.05, 0.1) is 0 Å². The highest BCUT2D eigenvalue weighted by atomic mass is 79.9. The van der Waals surface area contributed by atoms with Gasteiger partial charge in [0.1, 0.15) is 0 Å². The summed E-state index contributed by atoms with van der Waals surface area (Å²) in [6.07, 6.45) is 1.08. The summed E-state index contributed by atoms with van der Waals surface area (Å²) in [4.78, 5) is 2.19. The second-order valence-electron chi connectivity index (χ2n) is 4.49. The number of nitrogens with zero attached hydrogens (tertiary/aromatic N) is 1. The second kappa shape index (κ2) is 7.05. The molecule has 0 aliphatic rings. The minimum absolute atomic E-state index is 0.529. The minimum atomic E-state index is 0.529. The van der Waals surface area contributed by atoms with Crippen molar-refractivity contribution in [3.8, 4) is 0 Å². The summed E-state index contributed by atoms with van der Waals surface area (Å²) >= 11 is 3.45. The quantitative estimate of drug-likeness (QED) is 0.864. The highest BCUT2D eigenvalue weighted by Gasteiger charge is 2.02. The van der Waals surface area contributed by atoms with Gasteiger partial charge in [-0.05, 0) is 45.1 Å². The molecular formula is C13H21BrN2. The fourth-order valence-corrected chi connectivity index (χ4v) is 1.85. The smallest absolute Gasteiger partial charge is 0.0175 e. The molecular weight excluding hydrogens is 264 g/mol. The monoisotopic (exact) mass is 284 g/mol. The summed E-state index contributed by atoms with van der Waals surface area (Å²) in [5.74, 6) is 0. The van der Waals surface area contributed by atoms with E-state index in [-0.39, 0.29) is 0 Å². The lowest BCUT2D eigenvalue weighted by molar-refractivity contribution is 0.387. The average molecular weight is 285 g/mol. The third kappa shape index (κ3) is 5.64. The predicted molar refractivity (Wildman–Crippen MR) is 73.9 cm³/mol. The Balaban J connectivity index is 2.28. The van der Waals surface area contributed by atoms with Gasteiger partial charge in [-0.2, -0.15) is 0 Å². The molecule has 0 radical (unpaired) electrons. The van der Waals surface area contributed by atoms with Crippen molar-refractivity contribution in [2.45, 2.75) is 19.4 Å². The number of benzene rings is 1. The Labute approximate surface area is 107 Å². The van der Waals surface area contributed by atoms with Crippen LogP contribution in [-0.4, -0.2) is 38.1 Å². The number of nitrogens with one attached hydrogen (secondary N) is 1. The molecule has 0 saturated heterocycles.